The third kappa shape index (κ3) is 2.13. The topological polar surface area (TPSA) is 50.4 Å². The van der Waals surface area contributed by atoms with Crippen LogP contribution in [0, 0.1) is 0 Å². The largest absolute Gasteiger partial charge is 0.475 e. The van der Waals surface area contributed by atoms with Crippen LogP contribution in [0.15, 0.2) is 39.4 Å². The molecular formula is C11H6BrClO3. The van der Waals surface area contributed by atoms with Crippen molar-refractivity contribution >= 4 is 33.5 Å². The van der Waals surface area contributed by atoms with Crippen LogP contribution in [0.4, 0.5) is 0 Å². The molecule has 0 amide bonds. The summed E-state index contributed by atoms with van der Waals surface area (Å²) < 4.78 is 5.43. The van der Waals surface area contributed by atoms with Crippen LogP contribution < -0.4 is 0 Å². The maximum absolute atomic E-state index is 10.7. The zero-order valence-electron chi connectivity index (χ0n) is 7.91. The summed E-state index contributed by atoms with van der Waals surface area (Å²) in [7, 11) is 0. The molecule has 2 aromatic rings. The Bertz CT molecular complexity index is 548. The minimum absolute atomic E-state index is 0.109. The maximum Gasteiger partial charge on any atom is 0.371 e. The summed E-state index contributed by atoms with van der Waals surface area (Å²) >= 11 is 9.03. The normalized spacial score (nSPS) is 10.4. The molecule has 2 rings (SSSR count). The van der Waals surface area contributed by atoms with Gasteiger partial charge in [-0.25, -0.2) is 4.79 Å². The molecule has 1 aromatic heterocycles. The average molecular weight is 302 g/mol. The van der Waals surface area contributed by atoms with Gasteiger partial charge in [0.1, 0.15) is 0 Å². The smallest absolute Gasteiger partial charge is 0.371 e. The summed E-state index contributed by atoms with van der Waals surface area (Å²) in [6.45, 7) is 0. The van der Waals surface area contributed by atoms with Gasteiger partial charge in [0.25, 0.3) is 0 Å². The number of hydrogen-bond donors (Lipinski definition) is 1. The van der Waals surface area contributed by atoms with Crippen LogP contribution in [0.5, 0.6) is 0 Å². The Hall–Kier alpha value is -1.26. The summed E-state index contributed by atoms with van der Waals surface area (Å²) in [5, 5.41) is 9.37. The Kier molecular flexibility index (Phi) is 3.03. The molecule has 0 aliphatic heterocycles. The molecule has 1 N–H and O–H groups in total. The van der Waals surface area contributed by atoms with Crippen LogP contribution in [-0.4, -0.2) is 11.1 Å². The number of furan rings is 1. The number of aromatic carboxylic acids is 1. The van der Waals surface area contributed by atoms with E-state index in [1.165, 1.54) is 6.07 Å². The molecule has 0 atom stereocenters. The molecule has 0 radical (unpaired) electrons. The molecular weight excluding hydrogens is 295 g/mol. The summed E-state index contributed by atoms with van der Waals surface area (Å²) in [6, 6.07) is 8.56. The van der Waals surface area contributed by atoms with Crippen molar-refractivity contribution in [2.24, 2.45) is 0 Å². The average Bonchev–Trinajstić information content (AvgIpc) is 2.60. The Morgan fingerprint density at radius 2 is 2.12 bits per heavy atom. The quantitative estimate of drug-likeness (QED) is 0.910. The van der Waals surface area contributed by atoms with Crippen molar-refractivity contribution in [3.8, 4) is 11.1 Å². The van der Waals surface area contributed by atoms with Gasteiger partial charge in [0.2, 0.25) is 5.76 Å². The standard InChI is InChI=1S/C11H6BrClO3/c12-10-8(5-9(16-10)11(14)15)6-2-1-3-7(13)4-6/h1-5H,(H,14,15). The molecule has 3 nitrogen and oxygen atoms in total. The monoisotopic (exact) mass is 300 g/mol. The summed E-state index contributed by atoms with van der Waals surface area (Å²) in [6.07, 6.45) is 0. The highest BCUT2D eigenvalue weighted by Crippen LogP contribution is 2.32. The van der Waals surface area contributed by atoms with Crippen LogP contribution >= 0.6 is 27.5 Å². The second-order valence-corrected chi connectivity index (χ2v) is 4.27. The van der Waals surface area contributed by atoms with Crippen LogP contribution in [-0.2, 0) is 0 Å². The third-order valence-electron chi connectivity index (χ3n) is 2.03. The first kappa shape index (κ1) is 11.2. The lowest BCUT2D eigenvalue weighted by Gasteiger charge is -1.97. The van der Waals surface area contributed by atoms with Gasteiger partial charge in [-0.05, 0) is 33.6 Å². The van der Waals surface area contributed by atoms with Crippen molar-refractivity contribution in [3.63, 3.8) is 0 Å². The summed E-state index contributed by atoms with van der Waals surface area (Å²) in [4.78, 5) is 10.7. The number of carboxylic acid groups (broad SMARTS) is 1. The molecule has 0 aliphatic carbocycles. The van der Waals surface area contributed by atoms with E-state index in [0.29, 0.717) is 15.3 Å². The predicted octanol–water partition coefficient (Wildman–Crippen LogP) is 4.06. The van der Waals surface area contributed by atoms with E-state index in [4.69, 9.17) is 21.1 Å². The van der Waals surface area contributed by atoms with Crippen LogP contribution in [0.3, 0.4) is 0 Å². The Morgan fingerprint density at radius 1 is 1.38 bits per heavy atom. The highest BCUT2D eigenvalue weighted by atomic mass is 79.9. The first-order valence-corrected chi connectivity index (χ1v) is 5.53. The van der Waals surface area contributed by atoms with Crippen molar-refractivity contribution in [1.82, 2.24) is 0 Å². The molecule has 0 spiro atoms. The van der Waals surface area contributed by atoms with E-state index in [2.05, 4.69) is 15.9 Å². The molecule has 0 saturated carbocycles. The molecule has 1 aromatic carbocycles. The Balaban J connectivity index is 2.52. The zero-order valence-corrected chi connectivity index (χ0v) is 10.2. The molecule has 0 aliphatic rings. The van der Waals surface area contributed by atoms with E-state index >= 15 is 0 Å². The SMILES string of the molecule is O=C(O)c1cc(-c2cccc(Cl)c2)c(Br)o1. The van der Waals surface area contributed by atoms with Crippen LogP contribution in [0.25, 0.3) is 11.1 Å². The van der Waals surface area contributed by atoms with Crippen molar-refractivity contribution in [2.45, 2.75) is 0 Å². The minimum Gasteiger partial charge on any atom is -0.475 e. The van der Waals surface area contributed by atoms with Gasteiger partial charge >= 0.3 is 5.97 Å². The first-order valence-electron chi connectivity index (χ1n) is 4.36. The van der Waals surface area contributed by atoms with Gasteiger partial charge in [0, 0.05) is 16.7 Å². The molecule has 0 bridgehead atoms. The second-order valence-electron chi connectivity index (χ2n) is 3.11. The molecule has 0 fully saturated rings. The number of benzene rings is 1. The lowest BCUT2D eigenvalue weighted by atomic mass is 10.1. The fraction of sp³-hybridized carbons (Fsp3) is 0. The van der Waals surface area contributed by atoms with E-state index in [1.807, 2.05) is 6.07 Å². The third-order valence-corrected chi connectivity index (χ3v) is 2.86. The maximum atomic E-state index is 10.7. The number of carboxylic acids is 1. The molecule has 0 unspecified atom stereocenters. The van der Waals surface area contributed by atoms with E-state index in [0.717, 1.165) is 5.56 Å². The highest BCUT2D eigenvalue weighted by molar-refractivity contribution is 9.10. The van der Waals surface area contributed by atoms with Gasteiger partial charge < -0.3 is 9.52 Å². The Morgan fingerprint density at radius 3 is 2.69 bits per heavy atom. The van der Waals surface area contributed by atoms with Gasteiger partial charge in [-0.2, -0.15) is 0 Å². The van der Waals surface area contributed by atoms with E-state index in [9.17, 15) is 4.79 Å². The summed E-state index contributed by atoms with van der Waals surface area (Å²) in [5.74, 6) is -1.21. The molecule has 1 heterocycles. The van der Waals surface area contributed by atoms with Crippen molar-refractivity contribution in [2.75, 3.05) is 0 Å². The highest BCUT2D eigenvalue weighted by Gasteiger charge is 2.15. The fourth-order valence-electron chi connectivity index (χ4n) is 1.33. The van der Waals surface area contributed by atoms with E-state index in [-0.39, 0.29) is 5.76 Å². The fourth-order valence-corrected chi connectivity index (χ4v) is 2.04. The number of carbonyl (C=O) groups is 1. The van der Waals surface area contributed by atoms with Gasteiger partial charge in [-0.1, -0.05) is 23.7 Å². The van der Waals surface area contributed by atoms with E-state index < -0.39 is 5.97 Å². The molecule has 16 heavy (non-hydrogen) atoms. The van der Waals surface area contributed by atoms with Gasteiger partial charge in [-0.15, -0.1) is 0 Å². The minimum atomic E-state index is -1.10. The van der Waals surface area contributed by atoms with Gasteiger partial charge in [-0.3, -0.25) is 0 Å². The van der Waals surface area contributed by atoms with Crippen molar-refractivity contribution in [1.29, 1.82) is 0 Å². The lowest BCUT2D eigenvalue weighted by Crippen LogP contribution is -1.91. The number of halogens is 2. The number of hydrogen-bond acceptors (Lipinski definition) is 2. The lowest BCUT2D eigenvalue weighted by molar-refractivity contribution is 0.0661. The first-order chi connectivity index (χ1) is 7.58. The molecule has 5 heteroatoms. The van der Waals surface area contributed by atoms with Crippen molar-refractivity contribution < 1.29 is 14.3 Å². The van der Waals surface area contributed by atoms with Crippen LogP contribution in [0.1, 0.15) is 10.6 Å². The second kappa shape index (κ2) is 4.31. The zero-order chi connectivity index (χ0) is 11.7. The summed E-state index contributed by atoms with van der Waals surface area (Å²) in [5.41, 5.74) is 1.47. The van der Waals surface area contributed by atoms with Crippen molar-refractivity contribution in [3.05, 3.63) is 45.8 Å². The number of rotatable bonds is 2. The Labute approximate surface area is 105 Å². The van der Waals surface area contributed by atoms with E-state index in [1.54, 1.807) is 18.2 Å². The van der Waals surface area contributed by atoms with Gasteiger partial charge in [0.05, 0.1) is 0 Å². The molecule has 0 saturated heterocycles. The predicted molar refractivity (Wildman–Crippen MR) is 63.8 cm³/mol. The van der Waals surface area contributed by atoms with Crippen LogP contribution in [0.2, 0.25) is 5.02 Å². The van der Waals surface area contributed by atoms with Gasteiger partial charge in [0.15, 0.2) is 4.67 Å². The molecule has 82 valence electrons.